The number of aryl methyl sites for hydroxylation is 1. The molecule has 1 fully saturated rings. The van der Waals surface area contributed by atoms with Gasteiger partial charge < -0.3 is 20.5 Å². The number of esters is 1. The number of nitrogens with one attached hydrogen (secondary N) is 2. The molecule has 1 saturated heterocycles. The number of rotatable bonds is 5. The zero-order valence-electron chi connectivity index (χ0n) is 23.2. The van der Waals surface area contributed by atoms with Crippen LogP contribution in [-0.4, -0.2) is 40.7 Å². The largest absolute Gasteiger partial charge is 0.507 e. The van der Waals surface area contributed by atoms with Gasteiger partial charge in [-0.2, -0.15) is 0 Å². The highest BCUT2D eigenvalue weighted by atomic mass is 16.5. The minimum absolute atomic E-state index is 0.179. The summed E-state index contributed by atoms with van der Waals surface area (Å²) in [7, 11) is 1.37. The van der Waals surface area contributed by atoms with Gasteiger partial charge in [0.25, 0.3) is 0 Å². The van der Waals surface area contributed by atoms with Gasteiger partial charge in [-0.15, -0.1) is 0 Å². The third-order valence-electron chi connectivity index (χ3n) is 6.55. The molecule has 34 heavy (non-hydrogen) atoms. The average molecular weight is 475 g/mol. The van der Waals surface area contributed by atoms with Crippen molar-refractivity contribution in [3.8, 4) is 5.75 Å². The minimum Gasteiger partial charge on any atom is -0.507 e. The SMILES string of the molecule is COC(=O)C1(NC(=O)CCc2cc(C(C)(C)C)c(O)c(C(C)(C)C)c2)CC(C)(C)NC(C)(C)C1. The second-order valence-corrected chi connectivity index (χ2v) is 13.4. The molecule has 6 nitrogen and oxygen atoms in total. The van der Waals surface area contributed by atoms with Gasteiger partial charge in [0.15, 0.2) is 0 Å². The highest BCUT2D eigenvalue weighted by molar-refractivity contribution is 5.88. The Morgan fingerprint density at radius 2 is 1.41 bits per heavy atom. The minimum atomic E-state index is -1.08. The normalized spacial score (nSPS) is 19.4. The molecule has 1 amide bonds. The van der Waals surface area contributed by atoms with Crippen molar-refractivity contribution >= 4 is 11.9 Å². The smallest absolute Gasteiger partial charge is 0.331 e. The van der Waals surface area contributed by atoms with E-state index >= 15 is 0 Å². The first-order valence-corrected chi connectivity index (χ1v) is 12.3. The number of phenols is 1. The maximum Gasteiger partial charge on any atom is 0.331 e. The van der Waals surface area contributed by atoms with Crippen LogP contribution in [0.1, 0.15) is 105 Å². The van der Waals surface area contributed by atoms with Gasteiger partial charge in [0.2, 0.25) is 5.91 Å². The van der Waals surface area contributed by atoms with Crippen molar-refractivity contribution < 1.29 is 19.4 Å². The van der Waals surface area contributed by atoms with Crippen LogP contribution in [0.4, 0.5) is 0 Å². The van der Waals surface area contributed by atoms with Crippen molar-refractivity contribution in [3.63, 3.8) is 0 Å². The number of amides is 1. The van der Waals surface area contributed by atoms with Gasteiger partial charge in [0.05, 0.1) is 7.11 Å². The first-order valence-electron chi connectivity index (χ1n) is 12.3. The van der Waals surface area contributed by atoms with E-state index in [9.17, 15) is 14.7 Å². The fourth-order valence-corrected chi connectivity index (χ4v) is 5.62. The van der Waals surface area contributed by atoms with Crippen LogP contribution >= 0.6 is 0 Å². The third-order valence-corrected chi connectivity index (χ3v) is 6.55. The molecule has 0 saturated carbocycles. The number of carbonyl (C=O) groups excluding carboxylic acids is 2. The van der Waals surface area contributed by atoms with Crippen LogP contribution in [0.2, 0.25) is 0 Å². The molecule has 0 bridgehead atoms. The summed E-state index contributed by atoms with van der Waals surface area (Å²) in [6.45, 7) is 20.6. The number of ether oxygens (including phenoxy) is 1. The number of phenolic OH excluding ortho intramolecular Hbond substituents is 1. The van der Waals surface area contributed by atoms with Crippen LogP contribution in [0.3, 0.4) is 0 Å². The summed E-state index contributed by atoms with van der Waals surface area (Å²) >= 11 is 0. The summed E-state index contributed by atoms with van der Waals surface area (Å²) in [5, 5.41) is 17.6. The molecule has 0 radical (unpaired) electrons. The van der Waals surface area contributed by atoms with E-state index in [-0.39, 0.29) is 34.2 Å². The fourth-order valence-electron chi connectivity index (χ4n) is 5.62. The second kappa shape index (κ2) is 9.18. The Kier molecular flexibility index (Phi) is 7.60. The van der Waals surface area contributed by atoms with Crippen molar-refractivity contribution in [1.82, 2.24) is 10.6 Å². The summed E-state index contributed by atoms with van der Waals surface area (Å²) in [6.07, 6.45) is 1.65. The van der Waals surface area contributed by atoms with Gasteiger partial charge in [-0.05, 0) is 74.5 Å². The Bertz CT molecular complexity index is 882. The van der Waals surface area contributed by atoms with Crippen LogP contribution in [0.5, 0.6) is 5.75 Å². The average Bonchev–Trinajstić information content (AvgIpc) is 2.61. The molecule has 192 valence electrons. The van der Waals surface area contributed by atoms with E-state index < -0.39 is 11.5 Å². The lowest BCUT2D eigenvalue weighted by atomic mass is 9.70. The predicted molar refractivity (Wildman–Crippen MR) is 137 cm³/mol. The highest BCUT2D eigenvalue weighted by Crippen LogP contribution is 2.40. The van der Waals surface area contributed by atoms with Crippen LogP contribution < -0.4 is 10.6 Å². The lowest BCUT2D eigenvalue weighted by molar-refractivity contribution is -0.155. The van der Waals surface area contributed by atoms with Gasteiger partial charge in [0, 0.05) is 17.5 Å². The predicted octanol–water partition coefficient (Wildman–Crippen LogP) is 4.89. The zero-order valence-corrected chi connectivity index (χ0v) is 23.2. The molecule has 1 aromatic carbocycles. The van der Waals surface area contributed by atoms with Crippen molar-refractivity contribution in [2.24, 2.45) is 0 Å². The van der Waals surface area contributed by atoms with Gasteiger partial charge in [0.1, 0.15) is 11.3 Å². The number of carbonyl (C=O) groups is 2. The lowest BCUT2D eigenvalue weighted by Gasteiger charge is -2.51. The van der Waals surface area contributed by atoms with Crippen molar-refractivity contribution in [1.29, 1.82) is 0 Å². The number of hydrogen-bond acceptors (Lipinski definition) is 5. The van der Waals surface area contributed by atoms with Crippen LogP contribution in [-0.2, 0) is 31.6 Å². The Morgan fingerprint density at radius 1 is 0.971 bits per heavy atom. The summed E-state index contributed by atoms with van der Waals surface area (Å²) in [5.74, 6) is -0.253. The number of benzene rings is 1. The molecule has 0 atom stereocenters. The number of piperidine rings is 1. The van der Waals surface area contributed by atoms with E-state index in [4.69, 9.17) is 4.74 Å². The lowest BCUT2D eigenvalue weighted by Crippen LogP contribution is -2.71. The zero-order chi connectivity index (χ0) is 26.3. The monoisotopic (exact) mass is 474 g/mol. The molecule has 1 heterocycles. The number of hydrogen-bond donors (Lipinski definition) is 3. The molecule has 2 rings (SSSR count). The molecule has 6 heteroatoms. The summed E-state index contributed by atoms with van der Waals surface area (Å²) in [5.41, 5.74) is 0.527. The molecule has 0 aromatic heterocycles. The van der Waals surface area contributed by atoms with E-state index in [1.165, 1.54) is 7.11 Å². The van der Waals surface area contributed by atoms with Crippen molar-refractivity contribution in [2.75, 3.05) is 7.11 Å². The van der Waals surface area contributed by atoms with Gasteiger partial charge in [-0.25, -0.2) is 4.79 Å². The van der Waals surface area contributed by atoms with E-state index in [0.29, 0.717) is 25.0 Å². The maximum absolute atomic E-state index is 13.2. The van der Waals surface area contributed by atoms with Crippen molar-refractivity contribution in [3.05, 3.63) is 28.8 Å². The van der Waals surface area contributed by atoms with E-state index in [1.807, 2.05) is 39.8 Å². The Balaban J connectivity index is 2.32. The molecule has 1 aromatic rings. The molecule has 0 unspecified atom stereocenters. The summed E-state index contributed by atoms with van der Waals surface area (Å²) in [6, 6.07) is 4.01. The summed E-state index contributed by atoms with van der Waals surface area (Å²) in [4.78, 5) is 26.1. The standard InChI is InChI=1S/C28H46N2O4/c1-24(2,3)19-14-18(15-20(22(19)32)25(4,5)6)12-13-21(31)29-28(23(33)34-11)16-26(7,8)30-27(9,10)17-28/h14-15,30,32H,12-13,16-17H2,1-11H3,(H,29,31). The summed E-state index contributed by atoms with van der Waals surface area (Å²) < 4.78 is 5.15. The Hall–Kier alpha value is -2.08. The van der Waals surface area contributed by atoms with Crippen LogP contribution in [0, 0.1) is 0 Å². The van der Waals surface area contributed by atoms with Gasteiger partial charge in [-0.3, -0.25) is 4.79 Å². The molecule has 3 N–H and O–H groups in total. The highest BCUT2D eigenvalue weighted by Gasteiger charge is 2.53. The van der Waals surface area contributed by atoms with Gasteiger partial charge in [-0.1, -0.05) is 53.7 Å². The van der Waals surface area contributed by atoms with E-state index in [1.54, 1.807) is 0 Å². The second-order valence-electron chi connectivity index (χ2n) is 13.4. The first-order chi connectivity index (χ1) is 15.2. The number of aromatic hydroxyl groups is 1. The Labute approximate surface area is 206 Å². The Morgan fingerprint density at radius 3 is 1.79 bits per heavy atom. The third kappa shape index (κ3) is 6.53. The molecular weight excluding hydrogens is 428 g/mol. The molecule has 0 aliphatic carbocycles. The van der Waals surface area contributed by atoms with Crippen LogP contribution in [0.15, 0.2) is 12.1 Å². The number of methoxy groups -OCH3 is 1. The van der Waals surface area contributed by atoms with Crippen molar-refractivity contribution in [2.45, 2.75) is 122 Å². The molecule has 1 aliphatic rings. The van der Waals surface area contributed by atoms with Gasteiger partial charge >= 0.3 is 5.97 Å². The first kappa shape index (κ1) is 28.2. The van der Waals surface area contributed by atoms with Crippen LogP contribution in [0.25, 0.3) is 0 Å². The van der Waals surface area contributed by atoms with E-state index in [2.05, 4.69) is 52.2 Å². The quantitative estimate of drug-likeness (QED) is 0.529. The fraction of sp³-hybridized carbons (Fsp3) is 0.714. The topological polar surface area (TPSA) is 87.7 Å². The molecule has 1 aliphatic heterocycles. The maximum atomic E-state index is 13.2. The van der Waals surface area contributed by atoms with E-state index in [0.717, 1.165) is 16.7 Å². The molecular formula is C28H46N2O4. The molecule has 0 spiro atoms.